The average Bonchev–Trinajstić information content (AvgIpc) is 2.73. The zero-order valence-electron chi connectivity index (χ0n) is 16.2. The Morgan fingerprint density at radius 2 is 1.83 bits per heavy atom. The minimum atomic E-state index is -0.650. The molecule has 1 aliphatic rings. The summed E-state index contributed by atoms with van der Waals surface area (Å²) in [6, 6.07) is 14.3. The maximum Gasteiger partial charge on any atom is 0.349 e. The van der Waals surface area contributed by atoms with Crippen molar-refractivity contribution >= 4 is 28.5 Å². The molecule has 30 heavy (non-hydrogen) atoms. The van der Waals surface area contributed by atoms with E-state index in [4.69, 9.17) is 4.42 Å². The molecule has 1 aliphatic heterocycles. The number of halogens is 1. The number of quaternary nitrogens is 1. The topological polar surface area (TPSA) is 84.1 Å². The van der Waals surface area contributed by atoms with E-state index in [0.717, 1.165) is 4.90 Å². The van der Waals surface area contributed by atoms with E-state index in [0.29, 0.717) is 42.8 Å². The second kappa shape index (κ2) is 8.46. The fourth-order valence-corrected chi connectivity index (χ4v) is 3.58. The van der Waals surface area contributed by atoms with Crippen molar-refractivity contribution in [2.75, 3.05) is 38.0 Å². The summed E-state index contributed by atoms with van der Waals surface area (Å²) in [7, 11) is 0. The maximum atomic E-state index is 13.2. The van der Waals surface area contributed by atoms with Gasteiger partial charge in [0.15, 0.2) is 6.54 Å². The number of para-hydroxylation sites is 1. The Kier molecular flexibility index (Phi) is 5.58. The van der Waals surface area contributed by atoms with Gasteiger partial charge in [-0.05, 0) is 30.3 Å². The van der Waals surface area contributed by atoms with Crippen molar-refractivity contribution in [3.8, 4) is 0 Å². The highest BCUT2D eigenvalue weighted by Crippen LogP contribution is 2.14. The van der Waals surface area contributed by atoms with Gasteiger partial charge < -0.3 is 19.5 Å². The predicted molar refractivity (Wildman–Crippen MR) is 109 cm³/mol. The Morgan fingerprint density at radius 3 is 2.60 bits per heavy atom. The van der Waals surface area contributed by atoms with Crippen LogP contribution in [0.25, 0.3) is 11.0 Å². The van der Waals surface area contributed by atoms with Crippen LogP contribution in [0.4, 0.5) is 10.1 Å². The van der Waals surface area contributed by atoms with E-state index in [1.807, 2.05) is 6.07 Å². The first-order chi connectivity index (χ1) is 14.5. The summed E-state index contributed by atoms with van der Waals surface area (Å²) >= 11 is 0. The Labute approximate surface area is 171 Å². The van der Waals surface area contributed by atoms with Gasteiger partial charge in [-0.25, -0.2) is 9.18 Å². The normalized spacial score (nSPS) is 14.6. The highest BCUT2D eigenvalue weighted by molar-refractivity contribution is 5.96. The maximum absolute atomic E-state index is 13.2. The number of hydrogen-bond donors (Lipinski definition) is 2. The van der Waals surface area contributed by atoms with Crippen LogP contribution < -0.4 is 15.8 Å². The Hall–Kier alpha value is -3.52. The van der Waals surface area contributed by atoms with Gasteiger partial charge in [0.1, 0.15) is 17.0 Å². The number of fused-ring (bicyclic) bond motifs is 1. The second-order valence-corrected chi connectivity index (χ2v) is 7.26. The van der Waals surface area contributed by atoms with Gasteiger partial charge in [-0.15, -0.1) is 0 Å². The first-order valence-corrected chi connectivity index (χ1v) is 9.71. The van der Waals surface area contributed by atoms with Gasteiger partial charge in [0.2, 0.25) is 0 Å². The standard InChI is InChI=1S/C22H20FN3O4/c23-16-5-3-6-17(13-16)24-20(27)14-25-8-10-26(11-9-25)21(28)18-12-15-4-1-2-7-19(15)30-22(18)29/h1-7,12-13H,8-11,14H2,(H,24,27)/p+1. The fourth-order valence-electron chi connectivity index (χ4n) is 3.58. The van der Waals surface area contributed by atoms with Gasteiger partial charge in [-0.1, -0.05) is 24.3 Å². The van der Waals surface area contributed by atoms with Crippen LogP contribution in [0.5, 0.6) is 0 Å². The van der Waals surface area contributed by atoms with Gasteiger partial charge in [0.05, 0.1) is 26.2 Å². The quantitative estimate of drug-likeness (QED) is 0.627. The summed E-state index contributed by atoms with van der Waals surface area (Å²) in [6.07, 6.45) is 0. The van der Waals surface area contributed by atoms with Crippen molar-refractivity contribution in [3.63, 3.8) is 0 Å². The lowest BCUT2D eigenvalue weighted by Crippen LogP contribution is -3.15. The summed E-state index contributed by atoms with van der Waals surface area (Å²) in [5.74, 6) is -0.992. The number of carbonyl (C=O) groups is 2. The number of piperazine rings is 1. The lowest BCUT2D eigenvalue weighted by Gasteiger charge is -2.31. The van der Waals surface area contributed by atoms with Crippen LogP contribution >= 0.6 is 0 Å². The van der Waals surface area contributed by atoms with Crippen LogP contribution in [0, 0.1) is 5.82 Å². The van der Waals surface area contributed by atoms with E-state index in [9.17, 15) is 18.8 Å². The van der Waals surface area contributed by atoms with E-state index in [2.05, 4.69) is 5.32 Å². The molecule has 7 nitrogen and oxygen atoms in total. The molecule has 1 aromatic heterocycles. The Bertz CT molecular complexity index is 1150. The molecule has 0 spiro atoms. The van der Waals surface area contributed by atoms with Gasteiger partial charge in [-0.2, -0.15) is 0 Å². The third kappa shape index (κ3) is 4.38. The SMILES string of the molecule is O=C(C[NH+]1CCN(C(=O)c2cc3ccccc3oc2=O)CC1)Nc1cccc(F)c1. The van der Waals surface area contributed by atoms with Crippen molar-refractivity contribution in [1.29, 1.82) is 0 Å². The fraction of sp³-hybridized carbons (Fsp3) is 0.227. The molecular weight excluding hydrogens is 389 g/mol. The van der Waals surface area contributed by atoms with Crippen LogP contribution in [0.1, 0.15) is 10.4 Å². The van der Waals surface area contributed by atoms with Crippen molar-refractivity contribution in [2.24, 2.45) is 0 Å². The number of rotatable bonds is 4. The van der Waals surface area contributed by atoms with Gasteiger partial charge in [0.25, 0.3) is 11.8 Å². The molecule has 0 radical (unpaired) electrons. The Balaban J connectivity index is 1.35. The number of benzene rings is 2. The summed E-state index contributed by atoms with van der Waals surface area (Å²) in [5, 5.41) is 3.37. The molecule has 2 heterocycles. The van der Waals surface area contributed by atoms with Crippen LogP contribution in [0.15, 0.2) is 63.8 Å². The molecule has 4 rings (SSSR count). The monoisotopic (exact) mass is 410 g/mol. The third-order valence-corrected chi connectivity index (χ3v) is 5.15. The van der Waals surface area contributed by atoms with Crippen LogP contribution in [0.3, 0.4) is 0 Å². The summed E-state index contributed by atoms with van der Waals surface area (Å²) in [4.78, 5) is 39.9. The zero-order valence-corrected chi connectivity index (χ0v) is 16.2. The molecule has 0 atom stereocenters. The molecule has 154 valence electrons. The lowest BCUT2D eigenvalue weighted by atomic mass is 10.1. The van der Waals surface area contributed by atoms with Crippen molar-refractivity contribution < 1.29 is 23.3 Å². The first-order valence-electron chi connectivity index (χ1n) is 9.71. The minimum Gasteiger partial charge on any atom is -0.422 e. The van der Waals surface area contributed by atoms with Gasteiger partial charge in [-0.3, -0.25) is 9.59 Å². The summed E-state index contributed by atoms with van der Waals surface area (Å²) in [6.45, 7) is 2.21. The van der Waals surface area contributed by atoms with E-state index >= 15 is 0 Å². The largest absolute Gasteiger partial charge is 0.422 e. The third-order valence-electron chi connectivity index (χ3n) is 5.15. The molecule has 2 aromatic carbocycles. The molecule has 1 fully saturated rings. The molecule has 0 bridgehead atoms. The highest BCUT2D eigenvalue weighted by atomic mass is 19.1. The van der Waals surface area contributed by atoms with E-state index in [1.165, 1.54) is 18.2 Å². The van der Waals surface area contributed by atoms with Gasteiger partial charge in [0, 0.05) is 11.1 Å². The molecule has 8 heteroatoms. The van der Waals surface area contributed by atoms with E-state index in [-0.39, 0.29) is 23.9 Å². The predicted octanol–water partition coefficient (Wildman–Crippen LogP) is 0.912. The number of nitrogens with zero attached hydrogens (tertiary/aromatic N) is 1. The van der Waals surface area contributed by atoms with E-state index in [1.54, 1.807) is 35.2 Å². The van der Waals surface area contributed by atoms with Crippen molar-refractivity contribution in [1.82, 2.24) is 4.90 Å². The first kappa shape index (κ1) is 19.8. The second-order valence-electron chi connectivity index (χ2n) is 7.26. The smallest absolute Gasteiger partial charge is 0.349 e. The molecule has 0 saturated carbocycles. The van der Waals surface area contributed by atoms with Crippen LogP contribution in [0.2, 0.25) is 0 Å². The Morgan fingerprint density at radius 1 is 1.07 bits per heavy atom. The van der Waals surface area contributed by atoms with Crippen molar-refractivity contribution in [3.05, 3.63) is 76.4 Å². The van der Waals surface area contributed by atoms with Crippen LogP contribution in [-0.2, 0) is 4.79 Å². The summed E-state index contributed by atoms with van der Waals surface area (Å²) in [5.41, 5.74) is 0.220. The highest BCUT2D eigenvalue weighted by Gasteiger charge is 2.28. The lowest BCUT2D eigenvalue weighted by molar-refractivity contribution is -0.895. The zero-order chi connectivity index (χ0) is 21.1. The number of amides is 2. The molecule has 1 saturated heterocycles. The molecule has 0 aliphatic carbocycles. The summed E-state index contributed by atoms with van der Waals surface area (Å²) < 4.78 is 18.5. The number of nitrogens with one attached hydrogen (secondary N) is 2. The number of anilines is 1. The molecule has 3 aromatic rings. The number of carbonyl (C=O) groups excluding carboxylic acids is 2. The van der Waals surface area contributed by atoms with Crippen LogP contribution in [-0.4, -0.2) is 49.4 Å². The van der Waals surface area contributed by atoms with Crippen molar-refractivity contribution in [2.45, 2.75) is 0 Å². The minimum absolute atomic E-state index is 0.0148. The molecular formula is C22H21FN3O4+. The molecule has 2 N–H and O–H groups in total. The number of hydrogen-bond acceptors (Lipinski definition) is 4. The average molecular weight is 410 g/mol. The molecule has 2 amide bonds. The van der Waals surface area contributed by atoms with E-state index < -0.39 is 11.4 Å². The van der Waals surface area contributed by atoms with Gasteiger partial charge >= 0.3 is 5.63 Å². The molecule has 0 unspecified atom stereocenters.